The molecular formula is C6H9ClN2O2. The molecule has 0 aromatic carbocycles. The number of aromatic nitrogens is 1. The molecule has 1 aromatic rings. The van der Waals surface area contributed by atoms with E-state index in [1.807, 2.05) is 0 Å². The van der Waals surface area contributed by atoms with Gasteiger partial charge in [0.05, 0.1) is 12.1 Å². The molecule has 0 unspecified atom stereocenters. The molecule has 0 radical (unpaired) electrons. The first kappa shape index (κ1) is 8.36. The van der Waals surface area contributed by atoms with Gasteiger partial charge in [-0.25, -0.2) is 0 Å². The van der Waals surface area contributed by atoms with E-state index in [0.717, 1.165) is 30.8 Å². The van der Waals surface area contributed by atoms with Crippen molar-refractivity contribution in [3.63, 3.8) is 0 Å². The highest BCUT2D eigenvalue weighted by Gasteiger charge is 2.18. The Bertz CT molecular complexity index is 291. The van der Waals surface area contributed by atoms with E-state index in [0.29, 0.717) is 0 Å². The highest BCUT2D eigenvalue weighted by atomic mass is 35.5. The van der Waals surface area contributed by atoms with Crippen LogP contribution in [0, 0.1) is 0 Å². The van der Waals surface area contributed by atoms with Gasteiger partial charge in [0.1, 0.15) is 6.54 Å². The molecule has 0 spiro atoms. The highest BCUT2D eigenvalue weighted by molar-refractivity contribution is 5.13. The maximum Gasteiger partial charge on any atom is 0.283 e. The molecule has 5 heteroatoms. The molecule has 0 amide bonds. The molecule has 1 aliphatic rings. The van der Waals surface area contributed by atoms with Crippen LogP contribution in [0.3, 0.4) is 0 Å². The van der Waals surface area contributed by atoms with Crippen molar-refractivity contribution in [1.29, 1.82) is 0 Å². The van der Waals surface area contributed by atoms with Crippen molar-refractivity contribution < 1.29 is 22.2 Å². The molecule has 0 saturated heterocycles. The Balaban J connectivity index is 0.000000605. The Morgan fingerprint density at radius 2 is 2.36 bits per heavy atom. The molecule has 0 fully saturated rings. The second kappa shape index (κ2) is 3.11. The zero-order chi connectivity index (χ0) is 6.97. The molecule has 4 nitrogen and oxygen atoms in total. The third-order valence-corrected chi connectivity index (χ3v) is 1.81. The van der Waals surface area contributed by atoms with Crippen LogP contribution in [0.25, 0.3) is 0 Å². The molecule has 0 bridgehead atoms. The van der Waals surface area contributed by atoms with E-state index >= 15 is 0 Å². The van der Waals surface area contributed by atoms with E-state index in [-0.39, 0.29) is 18.0 Å². The average Bonchev–Trinajstić information content (AvgIpc) is 2.34. The fourth-order valence-electron chi connectivity index (χ4n) is 1.26. The Hall–Kier alpha value is -0.740. The summed E-state index contributed by atoms with van der Waals surface area (Å²) in [6.45, 7) is 1.80. The first-order valence-electron chi connectivity index (χ1n) is 3.39. The summed E-state index contributed by atoms with van der Waals surface area (Å²) in [7, 11) is 0. The topological polar surface area (TPSA) is 62.6 Å². The molecule has 2 heterocycles. The summed E-state index contributed by atoms with van der Waals surface area (Å²) in [5.74, 6) is 0.816. The number of halogens is 1. The van der Waals surface area contributed by atoms with Gasteiger partial charge in [-0.1, -0.05) is 0 Å². The van der Waals surface area contributed by atoms with Crippen molar-refractivity contribution in [2.75, 3.05) is 6.54 Å². The van der Waals surface area contributed by atoms with E-state index < -0.39 is 0 Å². The Kier molecular flexibility index (Phi) is 2.36. The largest absolute Gasteiger partial charge is 1.00 e. The molecular weight excluding hydrogens is 168 g/mol. The highest BCUT2D eigenvalue weighted by Crippen LogP contribution is 2.03. The number of hydrogen-bond donors (Lipinski definition) is 2. The lowest BCUT2D eigenvalue weighted by molar-refractivity contribution is -0.675. The van der Waals surface area contributed by atoms with Crippen molar-refractivity contribution in [2.24, 2.45) is 0 Å². The van der Waals surface area contributed by atoms with E-state index in [1.54, 1.807) is 0 Å². The Labute approximate surface area is 69.4 Å². The summed E-state index contributed by atoms with van der Waals surface area (Å²) in [4.78, 5) is 10.9. The molecule has 0 saturated carbocycles. The van der Waals surface area contributed by atoms with Crippen LogP contribution in [-0.4, -0.2) is 11.7 Å². The van der Waals surface area contributed by atoms with E-state index in [2.05, 4.69) is 10.5 Å². The number of fused-ring (bicyclic) bond motifs is 1. The van der Waals surface area contributed by atoms with Crippen molar-refractivity contribution >= 4 is 0 Å². The minimum atomic E-state index is -0.0527. The van der Waals surface area contributed by atoms with Crippen molar-refractivity contribution in [1.82, 2.24) is 5.16 Å². The number of quaternary nitrogens is 1. The summed E-state index contributed by atoms with van der Waals surface area (Å²) >= 11 is 0. The number of aromatic amines is 1. The van der Waals surface area contributed by atoms with E-state index in [4.69, 9.17) is 4.52 Å². The fourth-order valence-corrected chi connectivity index (χ4v) is 1.26. The molecule has 1 aromatic heterocycles. The number of nitrogens with one attached hydrogen (secondary N) is 1. The lowest BCUT2D eigenvalue weighted by atomic mass is 10.1. The van der Waals surface area contributed by atoms with E-state index in [1.165, 1.54) is 0 Å². The number of rotatable bonds is 0. The van der Waals surface area contributed by atoms with Crippen LogP contribution in [0.4, 0.5) is 0 Å². The summed E-state index contributed by atoms with van der Waals surface area (Å²) < 4.78 is 4.92. The second-order valence-electron chi connectivity index (χ2n) is 2.47. The molecule has 2 rings (SSSR count). The first-order chi connectivity index (χ1) is 4.88. The average molecular weight is 177 g/mol. The molecule has 62 valence electrons. The van der Waals surface area contributed by atoms with Gasteiger partial charge in [-0.15, -0.1) is 0 Å². The van der Waals surface area contributed by atoms with Gasteiger partial charge in [-0.2, -0.15) is 5.16 Å². The van der Waals surface area contributed by atoms with Gasteiger partial charge in [-0.3, -0.25) is 4.79 Å². The number of hydrogen-bond acceptors (Lipinski definition) is 2. The quantitative estimate of drug-likeness (QED) is 0.419. The third kappa shape index (κ3) is 1.32. The Morgan fingerprint density at radius 3 is 3.09 bits per heavy atom. The minimum absolute atomic E-state index is 0. The summed E-state index contributed by atoms with van der Waals surface area (Å²) in [5, 5.41) is 4.45. The van der Waals surface area contributed by atoms with Gasteiger partial charge >= 0.3 is 0 Å². The van der Waals surface area contributed by atoms with Crippen LogP contribution in [-0.2, 0) is 13.0 Å². The van der Waals surface area contributed by atoms with E-state index in [9.17, 15) is 4.79 Å². The molecule has 0 aliphatic carbocycles. The first-order valence-corrected chi connectivity index (χ1v) is 3.39. The second-order valence-corrected chi connectivity index (χ2v) is 2.47. The summed E-state index contributed by atoms with van der Waals surface area (Å²) in [6.07, 6.45) is 0.834. The van der Waals surface area contributed by atoms with Crippen molar-refractivity contribution in [3.8, 4) is 0 Å². The standard InChI is InChI=1S/C6H8N2O2.ClH/c9-6-4-1-2-7-3-5(4)10-8-6;/h7H,1-3H2,(H,8,9);1H. The van der Waals surface area contributed by atoms with Gasteiger partial charge in [0, 0.05) is 6.42 Å². The maximum absolute atomic E-state index is 10.9. The van der Waals surface area contributed by atoms with Gasteiger partial charge in [-0.05, 0) is 0 Å². The summed E-state index contributed by atoms with van der Waals surface area (Å²) in [6, 6.07) is 0. The number of H-pyrrole nitrogens is 1. The van der Waals surface area contributed by atoms with Gasteiger partial charge in [0.15, 0.2) is 5.76 Å². The van der Waals surface area contributed by atoms with Crippen molar-refractivity contribution in [2.45, 2.75) is 13.0 Å². The van der Waals surface area contributed by atoms with Crippen LogP contribution in [0.5, 0.6) is 0 Å². The van der Waals surface area contributed by atoms with Crippen molar-refractivity contribution in [3.05, 3.63) is 21.7 Å². The third-order valence-electron chi connectivity index (χ3n) is 1.81. The van der Waals surface area contributed by atoms with Crippen LogP contribution in [0.2, 0.25) is 0 Å². The van der Waals surface area contributed by atoms with Crippen LogP contribution < -0.4 is 23.3 Å². The maximum atomic E-state index is 10.9. The summed E-state index contributed by atoms with van der Waals surface area (Å²) in [5.41, 5.74) is 0.783. The van der Waals surface area contributed by atoms with Crippen LogP contribution >= 0.6 is 0 Å². The molecule has 1 aliphatic heterocycles. The normalized spacial score (nSPS) is 15.3. The monoisotopic (exact) mass is 176 g/mol. The zero-order valence-corrected chi connectivity index (χ0v) is 6.65. The molecule has 3 N–H and O–H groups in total. The van der Waals surface area contributed by atoms with Gasteiger partial charge in [0.2, 0.25) is 0 Å². The zero-order valence-electron chi connectivity index (χ0n) is 5.89. The predicted molar refractivity (Wildman–Crippen MR) is 33.5 cm³/mol. The minimum Gasteiger partial charge on any atom is -1.00 e. The SMILES string of the molecule is O=c1[nH]oc2c1CC[NH2+]C2.[Cl-]. The molecule has 0 atom stereocenters. The predicted octanol–water partition coefficient (Wildman–Crippen LogP) is -4.41. The lowest BCUT2D eigenvalue weighted by Crippen LogP contribution is -3.00. The lowest BCUT2D eigenvalue weighted by Gasteiger charge is -2.04. The van der Waals surface area contributed by atoms with Crippen LogP contribution in [0.1, 0.15) is 11.3 Å². The fraction of sp³-hybridized carbons (Fsp3) is 0.500. The number of nitrogens with two attached hydrogens (primary N) is 1. The van der Waals surface area contributed by atoms with Crippen LogP contribution in [0.15, 0.2) is 9.32 Å². The van der Waals surface area contributed by atoms with Gasteiger partial charge < -0.3 is 22.2 Å². The Morgan fingerprint density at radius 1 is 1.55 bits per heavy atom. The molecule has 11 heavy (non-hydrogen) atoms. The smallest absolute Gasteiger partial charge is 0.283 e. The van der Waals surface area contributed by atoms with Gasteiger partial charge in [0.25, 0.3) is 5.56 Å².